The Morgan fingerprint density at radius 3 is 2.68 bits per heavy atom. The van der Waals surface area contributed by atoms with E-state index in [0.717, 1.165) is 12.8 Å². The maximum absolute atomic E-state index is 13.7. The first-order valence-corrected chi connectivity index (χ1v) is 11.8. The van der Waals surface area contributed by atoms with Crippen molar-refractivity contribution >= 4 is 17.8 Å². The Morgan fingerprint density at radius 1 is 1.35 bits per heavy atom. The molecule has 31 heavy (non-hydrogen) atoms. The lowest BCUT2D eigenvalue weighted by molar-refractivity contribution is -0.161. The molecule has 0 saturated carbocycles. The number of esters is 1. The number of aliphatic hydroxyl groups is 1. The number of unbranched alkanes of at least 4 members (excludes halogenated alkanes) is 1. The summed E-state index contributed by atoms with van der Waals surface area (Å²) in [5, 5.41) is 12.3. The predicted octanol–water partition coefficient (Wildman–Crippen LogP) is 1.64. The minimum absolute atomic E-state index is 0.00622. The molecule has 3 aliphatic rings. The van der Waals surface area contributed by atoms with Crippen LogP contribution >= 0.6 is 0 Å². The van der Waals surface area contributed by atoms with Gasteiger partial charge in [0.2, 0.25) is 11.8 Å². The highest BCUT2D eigenvalue weighted by atomic mass is 16.6. The largest absolute Gasteiger partial charge is 0.466 e. The highest BCUT2D eigenvalue weighted by Crippen LogP contribution is 2.65. The lowest BCUT2D eigenvalue weighted by Crippen LogP contribution is -2.56. The Kier molecular flexibility index (Phi) is 7.01. The van der Waals surface area contributed by atoms with Gasteiger partial charge >= 0.3 is 5.97 Å². The molecular formula is C23H38N2O6. The van der Waals surface area contributed by atoms with Gasteiger partial charge in [0.15, 0.2) is 0 Å². The van der Waals surface area contributed by atoms with Gasteiger partial charge in [0, 0.05) is 19.2 Å². The third-order valence-corrected chi connectivity index (χ3v) is 7.52. The van der Waals surface area contributed by atoms with Crippen LogP contribution in [0.25, 0.3) is 0 Å². The Labute approximate surface area is 185 Å². The third-order valence-electron chi connectivity index (χ3n) is 7.52. The van der Waals surface area contributed by atoms with Crippen LogP contribution in [0.1, 0.15) is 66.7 Å². The van der Waals surface area contributed by atoms with Gasteiger partial charge in [-0.1, -0.05) is 20.3 Å². The summed E-state index contributed by atoms with van der Waals surface area (Å²) in [5.74, 6) is -2.30. The summed E-state index contributed by atoms with van der Waals surface area (Å²) in [7, 11) is 0. The molecule has 4 unspecified atom stereocenters. The predicted molar refractivity (Wildman–Crippen MR) is 114 cm³/mol. The number of rotatable bonds is 10. The van der Waals surface area contributed by atoms with Crippen LogP contribution < -0.4 is 5.32 Å². The van der Waals surface area contributed by atoms with Crippen LogP contribution in [0.15, 0.2) is 0 Å². The molecule has 0 aromatic heterocycles. The summed E-state index contributed by atoms with van der Waals surface area (Å²) < 4.78 is 11.9. The van der Waals surface area contributed by atoms with E-state index >= 15 is 0 Å². The Balaban J connectivity index is 2.00. The van der Waals surface area contributed by atoms with Crippen molar-refractivity contribution in [2.75, 3.05) is 19.8 Å². The minimum atomic E-state index is -1.03. The fourth-order valence-corrected chi connectivity index (χ4v) is 6.09. The van der Waals surface area contributed by atoms with Crippen molar-refractivity contribution in [3.63, 3.8) is 0 Å². The molecule has 176 valence electrons. The molecule has 0 aliphatic carbocycles. The quantitative estimate of drug-likeness (QED) is 0.397. The SMILES string of the molecule is CCCC(C)NC(=O)C1N(CCCCO)C(=O)[C@@H]2[C@@H](C(=O)OCC)[C@]3(C)OC12CC3C. The average molecular weight is 439 g/mol. The van der Waals surface area contributed by atoms with Gasteiger partial charge in [-0.15, -0.1) is 0 Å². The molecule has 0 aromatic carbocycles. The van der Waals surface area contributed by atoms with Gasteiger partial charge in [0.05, 0.1) is 18.1 Å². The third kappa shape index (κ3) is 3.75. The number of carbonyl (C=O) groups excluding carboxylic acids is 3. The van der Waals surface area contributed by atoms with Crippen LogP contribution in [0.4, 0.5) is 0 Å². The molecule has 7 atom stereocenters. The number of amides is 2. The molecule has 0 radical (unpaired) electrons. The zero-order valence-corrected chi connectivity index (χ0v) is 19.5. The van der Waals surface area contributed by atoms with E-state index in [0.29, 0.717) is 25.8 Å². The summed E-state index contributed by atoms with van der Waals surface area (Å²) in [6, 6.07) is -0.804. The van der Waals surface area contributed by atoms with E-state index < -0.39 is 35.0 Å². The van der Waals surface area contributed by atoms with Gasteiger partial charge in [-0.25, -0.2) is 0 Å². The molecule has 0 aromatic rings. The molecule has 3 saturated heterocycles. The molecule has 2 N–H and O–H groups in total. The second kappa shape index (κ2) is 9.06. The molecule has 3 rings (SSSR count). The van der Waals surface area contributed by atoms with E-state index in [1.54, 1.807) is 11.8 Å². The van der Waals surface area contributed by atoms with Crippen molar-refractivity contribution in [3.05, 3.63) is 0 Å². The zero-order valence-electron chi connectivity index (χ0n) is 19.5. The topological polar surface area (TPSA) is 105 Å². The van der Waals surface area contributed by atoms with Gasteiger partial charge in [0.1, 0.15) is 17.6 Å². The first-order valence-electron chi connectivity index (χ1n) is 11.8. The molecule has 2 bridgehead atoms. The number of hydrogen-bond donors (Lipinski definition) is 2. The van der Waals surface area contributed by atoms with Crippen LogP contribution in [-0.2, 0) is 23.9 Å². The Hall–Kier alpha value is -1.67. The van der Waals surface area contributed by atoms with Crippen LogP contribution in [0.5, 0.6) is 0 Å². The fraction of sp³-hybridized carbons (Fsp3) is 0.870. The Bertz CT molecular complexity index is 714. The first kappa shape index (κ1) is 24.0. The van der Waals surface area contributed by atoms with E-state index in [9.17, 15) is 19.5 Å². The van der Waals surface area contributed by atoms with Crippen molar-refractivity contribution < 1.29 is 29.0 Å². The molecule has 3 heterocycles. The summed E-state index contributed by atoms with van der Waals surface area (Å²) >= 11 is 0. The number of hydrogen-bond acceptors (Lipinski definition) is 6. The minimum Gasteiger partial charge on any atom is -0.466 e. The molecule has 8 heteroatoms. The number of aliphatic hydroxyl groups excluding tert-OH is 1. The van der Waals surface area contributed by atoms with Gasteiger partial charge in [-0.3, -0.25) is 14.4 Å². The Morgan fingerprint density at radius 2 is 2.06 bits per heavy atom. The molecular weight excluding hydrogens is 400 g/mol. The van der Waals surface area contributed by atoms with Gasteiger partial charge < -0.3 is 24.8 Å². The van der Waals surface area contributed by atoms with Crippen LogP contribution in [0.2, 0.25) is 0 Å². The highest BCUT2D eigenvalue weighted by Gasteiger charge is 2.80. The number of carbonyl (C=O) groups is 3. The van der Waals surface area contributed by atoms with Crippen LogP contribution in [0.3, 0.4) is 0 Å². The molecule has 8 nitrogen and oxygen atoms in total. The molecule has 2 amide bonds. The summed E-state index contributed by atoms with van der Waals surface area (Å²) in [5.41, 5.74) is -1.87. The van der Waals surface area contributed by atoms with E-state index in [2.05, 4.69) is 12.2 Å². The molecule has 3 aliphatic heterocycles. The van der Waals surface area contributed by atoms with Crippen molar-refractivity contribution in [3.8, 4) is 0 Å². The molecule has 3 fully saturated rings. The highest BCUT2D eigenvalue weighted by molar-refractivity contribution is 5.98. The van der Waals surface area contributed by atoms with E-state index in [1.165, 1.54) is 0 Å². The smallest absolute Gasteiger partial charge is 0.312 e. The lowest BCUT2D eigenvalue weighted by Gasteiger charge is -2.36. The van der Waals surface area contributed by atoms with Crippen molar-refractivity contribution in [1.82, 2.24) is 10.2 Å². The standard InChI is InChI=1S/C23H38N2O6/c1-6-10-15(4)24-19(27)18-23-13-14(3)22(5,31-23)17(21(29)30-7-2)16(23)20(28)25(18)11-8-9-12-26/h14-18,26H,6-13H2,1-5H3,(H,24,27)/t14?,15?,16-,17-,18?,22+,23?/m0/s1. The van der Waals surface area contributed by atoms with E-state index in [1.807, 2.05) is 20.8 Å². The number of nitrogens with one attached hydrogen (secondary N) is 1. The van der Waals surface area contributed by atoms with Crippen molar-refractivity contribution in [2.24, 2.45) is 17.8 Å². The normalized spacial score (nSPS) is 37.1. The first-order chi connectivity index (χ1) is 14.7. The maximum atomic E-state index is 13.7. The van der Waals surface area contributed by atoms with Crippen LogP contribution in [-0.4, -0.2) is 70.8 Å². The number of fused-ring (bicyclic) bond motifs is 1. The fourth-order valence-electron chi connectivity index (χ4n) is 6.09. The van der Waals surface area contributed by atoms with E-state index in [4.69, 9.17) is 9.47 Å². The maximum Gasteiger partial charge on any atom is 0.312 e. The lowest BCUT2D eigenvalue weighted by atomic mass is 9.62. The second-order valence-corrected chi connectivity index (χ2v) is 9.62. The van der Waals surface area contributed by atoms with E-state index in [-0.39, 0.29) is 37.0 Å². The molecule has 1 spiro atoms. The summed E-state index contributed by atoms with van der Waals surface area (Å²) in [4.78, 5) is 41.7. The van der Waals surface area contributed by atoms with Gasteiger partial charge in [-0.05, 0) is 52.4 Å². The zero-order chi connectivity index (χ0) is 23.0. The van der Waals surface area contributed by atoms with Gasteiger partial charge in [-0.2, -0.15) is 0 Å². The number of nitrogens with zero attached hydrogens (tertiary/aromatic N) is 1. The van der Waals surface area contributed by atoms with Gasteiger partial charge in [0.25, 0.3) is 0 Å². The van der Waals surface area contributed by atoms with Crippen molar-refractivity contribution in [1.29, 1.82) is 0 Å². The summed E-state index contributed by atoms with van der Waals surface area (Å²) in [6.07, 6.45) is 3.45. The second-order valence-electron chi connectivity index (χ2n) is 9.62. The monoisotopic (exact) mass is 438 g/mol. The number of ether oxygens (including phenoxy) is 2. The number of likely N-dealkylation sites (tertiary alicyclic amines) is 1. The average Bonchev–Trinajstić information content (AvgIpc) is 3.20. The van der Waals surface area contributed by atoms with Crippen LogP contribution in [0, 0.1) is 17.8 Å². The van der Waals surface area contributed by atoms with Crippen molar-refractivity contribution in [2.45, 2.75) is 90.0 Å². The summed E-state index contributed by atoms with van der Waals surface area (Å²) in [6.45, 7) is 10.3.